The molecule has 0 bridgehead atoms. The molecule has 0 radical (unpaired) electrons. The van der Waals surface area contributed by atoms with Crippen LogP contribution >= 0.6 is 11.3 Å². The molecular weight excluding hydrogens is 270 g/mol. The molecule has 0 unspecified atom stereocenters. The number of hydrogen-bond donors (Lipinski definition) is 2. The summed E-state index contributed by atoms with van der Waals surface area (Å²) >= 11 is 1.65. The van der Waals surface area contributed by atoms with Gasteiger partial charge in [0, 0.05) is 21.8 Å². The SMILES string of the molecule is Cc1[nH]ncc1C(=O)Nc1ccccc1-c1cccs1. The van der Waals surface area contributed by atoms with E-state index in [1.165, 1.54) is 0 Å². The zero-order valence-electron chi connectivity index (χ0n) is 10.9. The minimum absolute atomic E-state index is 0.153. The third-order valence-corrected chi connectivity index (χ3v) is 3.94. The number of carbonyl (C=O) groups is 1. The van der Waals surface area contributed by atoms with Crippen molar-refractivity contribution < 1.29 is 4.79 Å². The topological polar surface area (TPSA) is 57.8 Å². The molecule has 20 heavy (non-hydrogen) atoms. The standard InChI is InChI=1S/C15H13N3OS/c1-10-12(9-16-18-10)15(19)17-13-6-3-2-5-11(13)14-7-4-8-20-14/h2-9H,1H3,(H,16,18)(H,17,19). The van der Waals surface area contributed by atoms with Gasteiger partial charge in [0.1, 0.15) is 0 Å². The fourth-order valence-corrected chi connectivity index (χ4v) is 2.77. The van der Waals surface area contributed by atoms with E-state index < -0.39 is 0 Å². The zero-order valence-corrected chi connectivity index (χ0v) is 11.7. The molecule has 0 saturated carbocycles. The van der Waals surface area contributed by atoms with Gasteiger partial charge in [-0.3, -0.25) is 9.89 Å². The molecule has 100 valence electrons. The minimum Gasteiger partial charge on any atom is -0.321 e. The molecule has 0 aliphatic heterocycles. The van der Waals surface area contributed by atoms with Gasteiger partial charge in [-0.25, -0.2) is 0 Å². The molecule has 1 aromatic carbocycles. The van der Waals surface area contributed by atoms with Crippen molar-refractivity contribution >= 4 is 22.9 Å². The first kappa shape index (κ1) is 12.6. The van der Waals surface area contributed by atoms with Crippen LogP contribution in [0.3, 0.4) is 0 Å². The number of amides is 1. The van der Waals surface area contributed by atoms with Crippen LogP contribution in [0.2, 0.25) is 0 Å². The number of nitrogens with one attached hydrogen (secondary N) is 2. The number of anilines is 1. The number of H-pyrrole nitrogens is 1. The van der Waals surface area contributed by atoms with Crippen LogP contribution in [0.15, 0.2) is 48.0 Å². The first-order valence-electron chi connectivity index (χ1n) is 6.20. The minimum atomic E-state index is -0.153. The van der Waals surface area contributed by atoms with E-state index in [-0.39, 0.29) is 5.91 Å². The molecule has 3 rings (SSSR count). The summed E-state index contributed by atoms with van der Waals surface area (Å²) in [4.78, 5) is 13.4. The predicted molar refractivity (Wildman–Crippen MR) is 81.0 cm³/mol. The average molecular weight is 283 g/mol. The zero-order chi connectivity index (χ0) is 13.9. The number of aryl methyl sites for hydroxylation is 1. The summed E-state index contributed by atoms with van der Waals surface area (Å²) in [5.41, 5.74) is 3.15. The Morgan fingerprint density at radius 1 is 1.25 bits per heavy atom. The van der Waals surface area contributed by atoms with Crippen LogP contribution in [0.4, 0.5) is 5.69 Å². The van der Waals surface area contributed by atoms with Gasteiger partial charge in [0.2, 0.25) is 0 Å². The molecule has 0 aliphatic rings. The molecule has 0 spiro atoms. The van der Waals surface area contributed by atoms with Crippen molar-refractivity contribution in [3.63, 3.8) is 0 Å². The number of para-hydroxylation sites is 1. The van der Waals surface area contributed by atoms with Crippen molar-refractivity contribution in [1.82, 2.24) is 10.2 Å². The quantitative estimate of drug-likeness (QED) is 0.770. The van der Waals surface area contributed by atoms with Gasteiger partial charge in [-0.05, 0) is 24.4 Å². The Labute approximate surface area is 120 Å². The van der Waals surface area contributed by atoms with Gasteiger partial charge in [-0.15, -0.1) is 11.3 Å². The van der Waals surface area contributed by atoms with Crippen molar-refractivity contribution in [3.8, 4) is 10.4 Å². The van der Waals surface area contributed by atoms with Crippen LogP contribution in [-0.4, -0.2) is 16.1 Å². The number of hydrogen-bond acceptors (Lipinski definition) is 3. The van der Waals surface area contributed by atoms with Gasteiger partial charge in [-0.1, -0.05) is 24.3 Å². The van der Waals surface area contributed by atoms with Crippen LogP contribution in [0.1, 0.15) is 16.1 Å². The molecular formula is C15H13N3OS. The molecule has 2 heterocycles. The van der Waals surface area contributed by atoms with Crippen LogP contribution in [0.25, 0.3) is 10.4 Å². The Balaban J connectivity index is 1.92. The summed E-state index contributed by atoms with van der Waals surface area (Å²) in [5.74, 6) is -0.153. The van der Waals surface area contributed by atoms with Gasteiger partial charge in [0.15, 0.2) is 0 Å². The predicted octanol–water partition coefficient (Wildman–Crippen LogP) is 3.70. The third kappa shape index (κ3) is 2.35. The highest BCUT2D eigenvalue weighted by Crippen LogP contribution is 2.31. The second-order valence-electron chi connectivity index (χ2n) is 4.39. The Morgan fingerprint density at radius 2 is 2.10 bits per heavy atom. The van der Waals surface area contributed by atoms with Gasteiger partial charge >= 0.3 is 0 Å². The Kier molecular flexibility index (Phi) is 3.35. The van der Waals surface area contributed by atoms with Crippen molar-refractivity contribution in [3.05, 3.63) is 59.2 Å². The van der Waals surface area contributed by atoms with Crippen LogP contribution < -0.4 is 5.32 Å². The first-order chi connectivity index (χ1) is 9.75. The molecule has 1 amide bonds. The van der Waals surface area contributed by atoms with E-state index >= 15 is 0 Å². The number of benzene rings is 1. The van der Waals surface area contributed by atoms with E-state index in [0.29, 0.717) is 5.56 Å². The maximum absolute atomic E-state index is 12.3. The smallest absolute Gasteiger partial charge is 0.259 e. The van der Waals surface area contributed by atoms with Crippen molar-refractivity contribution in [2.75, 3.05) is 5.32 Å². The van der Waals surface area contributed by atoms with Crippen LogP contribution in [0, 0.1) is 6.92 Å². The summed E-state index contributed by atoms with van der Waals surface area (Å²) in [6.45, 7) is 1.83. The maximum atomic E-state index is 12.3. The molecule has 0 aliphatic carbocycles. The second-order valence-corrected chi connectivity index (χ2v) is 5.33. The summed E-state index contributed by atoms with van der Waals surface area (Å²) in [5, 5.41) is 11.6. The highest BCUT2D eigenvalue weighted by atomic mass is 32.1. The highest BCUT2D eigenvalue weighted by molar-refractivity contribution is 7.13. The van der Waals surface area contributed by atoms with Gasteiger partial charge in [0.05, 0.1) is 11.8 Å². The maximum Gasteiger partial charge on any atom is 0.259 e. The second kappa shape index (κ2) is 5.30. The monoisotopic (exact) mass is 283 g/mol. The van der Waals surface area contributed by atoms with Gasteiger partial charge in [-0.2, -0.15) is 5.10 Å². The summed E-state index contributed by atoms with van der Waals surface area (Å²) < 4.78 is 0. The van der Waals surface area contributed by atoms with E-state index in [1.54, 1.807) is 17.5 Å². The number of thiophene rings is 1. The first-order valence-corrected chi connectivity index (χ1v) is 7.08. The lowest BCUT2D eigenvalue weighted by Gasteiger charge is -2.09. The average Bonchev–Trinajstić information content (AvgIpc) is 3.10. The number of aromatic nitrogens is 2. The number of nitrogens with zero attached hydrogens (tertiary/aromatic N) is 1. The molecule has 2 aromatic heterocycles. The third-order valence-electron chi connectivity index (χ3n) is 3.04. The highest BCUT2D eigenvalue weighted by Gasteiger charge is 2.13. The number of rotatable bonds is 3. The molecule has 3 aromatic rings. The van der Waals surface area contributed by atoms with Crippen molar-refractivity contribution in [2.45, 2.75) is 6.92 Å². The normalized spacial score (nSPS) is 10.4. The molecule has 2 N–H and O–H groups in total. The van der Waals surface area contributed by atoms with Crippen molar-refractivity contribution in [2.24, 2.45) is 0 Å². The summed E-state index contributed by atoms with van der Waals surface area (Å²) in [6, 6.07) is 11.8. The number of aromatic amines is 1. The van der Waals surface area contributed by atoms with E-state index in [4.69, 9.17) is 0 Å². The summed E-state index contributed by atoms with van der Waals surface area (Å²) in [6.07, 6.45) is 1.54. The lowest BCUT2D eigenvalue weighted by atomic mass is 10.1. The Morgan fingerprint density at radius 3 is 2.80 bits per heavy atom. The molecule has 0 atom stereocenters. The molecule has 4 nitrogen and oxygen atoms in total. The van der Waals surface area contributed by atoms with Crippen molar-refractivity contribution in [1.29, 1.82) is 0 Å². The van der Waals surface area contributed by atoms with Crippen LogP contribution in [-0.2, 0) is 0 Å². The fourth-order valence-electron chi connectivity index (χ4n) is 2.01. The van der Waals surface area contributed by atoms with E-state index in [0.717, 1.165) is 21.8 Å². The molecule has 0 fully saturated rings. The lowest BCUT2D eigenvalue weighted by Crippen LogP contribution is -2.12. The lowest BCUT2D eigenvalue weighted by molar-refractivity contribution is 0.102. The Hall–Kier alpha value is -2.40. The molecule has 5 heteroatoms. The molecule has 0 saturated heterocycles. The van der Waals surface area contributed by atoms with Gasteiger partial charge in [0.25, 0.3) is 5.91 Å². The van der Waals surface area contributed by atoms with E-state index in [1.807, 2.05) is 48.7 Å². The van der Waals surface area contributed by atoms with E-state index in [9.17, 15) is 4.79 Å². The largest absolute Gasteiger partial charge is 0.321 e. The van der Waals surface area contributed by atoms with Gasteiger partial charge < -0.3 is 5.32 Å². The Bertz CT molecular complexity index is 731. The van der Waals surface area contributed by atoms with E-state index in [2.05, 4.69) is 15.5 Å². The summed E-state index contributed by atoms with van der Waals surface area (Å²) in [7, 11) is 0. The number of carbonyl (C=O) groups excluding carboxylic acids is 1. The van der Waals surface area contributed by atoms with Crippen LogP contribution in [0.5, 0.6) is 0 Å². The fraction of sp³-hybridized carbons (Fsp3) is 0.0667.